The molecule has 0 saturated heterocycles. The summed E-state index contributed by atoms with van der Waals surface area (Å²) >= 11 is 0. The fraction of sp³-hybridized carbons (Fsp3) is 0.739. The Balaban J connectivity index is 1.68. The number of methoxy groups -OCH3 is 2. The first-order valence-electron chi connectivity index (χ1n) is 21.3. The number of phenols is 2. The molecule has 2 N–H and O–H groups in total. The summed E-state index contributed by atoms with van der Waals surface area (Å²) in [6.07, 6.45) is 33.8. The van der Waals surface area contributed by atoms with E-state index < -0.39 is 0 Å². The van der Waals surface area contributed by atoms with E-state index in [1.165, 1.54) is 152 Å². The van der Waals surface area contributed by atoms with Crippen molar-refractivity contribution in [3.63, 3.8) is 0 Å². The van der Waals surface area contributed by atoms with E-state index in [2.05, 4.69) is 38.1 Å². The standard InChI is InChI=1S/C46H76O4/c1-5-7-9-21-27-37-29-23-17-13-11-15-19-26-32-40-34-46(50-4)42(36-44(40)48)38(28-22-10-8-6-2)30-24-18-14-12-16-20-25-31-39-33-45(49-3)41(37)35-43(39)47/h33-38,47-48H,5-32H2,1-4H3. The zero-order chi connectivity index (χ0) is 35.8. The number of phenolic OH excluding ortho intramolecular Hbond substituents is 2. The maximum atomic E-state index is 11.1. The van der Waals surface area contributed by atoms with Gasteiger partial charge < -0.3 is 19.7 Å². The minimum absolute atomic E-state index is 0.445. The average Bonchev–Trinajstić information content (AvgIpc) is 3.12. The highest BCUT2D eigenvalue weighted by atomic mass is 16.5. The smallest absolute Gasteiger partial charge is 0.122 e. The van der Waals surface area contributed by atoms with Gasteiger partial charge in [0.15, 0.2) is 0 Å². The van der Waals surface area contributed by atoms with Crippen molar-refractivity contribution in [1.82, 2.24) is 0 Å². The van der Waals surface area contributed by atoms with Crippen LogP contribution in [0.4, 0.5) is 0 Å². The molecule has 0 aromatic heterocycles. The van der Waals surface area contributed by atoms with E-state index in [4.69, 9.17) is 9.47 Å². The number of benzene rings is 2. The fourth-order valence-corrected chi connectivity index (χ4v) is 8.37. The molecule has 284 valence electrons. The third-order valence-corrected chi connectivity index (χ3v) is 11.6. The lowest BCUT2D eigenvalue weighted by molar-refractivity contribution is 0.391. The molecule has 0 aliphatic heterocycles. The van der Waals surface area contributed by atoms with E-state index in [0.717, 1.165) is 61.2 Å². The molecule has 2 atom stereocenters. The predicted octanol–water partition coefficient (Wildman–Crippen LogP) is 14.3. The lowest BCUT2D eigenvalue weighted by Gasteiger charge is -2.22. The highest BCUT2D eigenvalue weighted by Crippen LogP contribution is 2.40. The summed E-state index contributed by atoms with van der Waals surface area (Å²) in [7, 11) is 3.61. The Morgan fingerprint density at radius 1 is 0.480 bits per heavy atom. The Labute approximate surface area is 308 Å². The summed E-state index contributed by atoms with van der Waals surface area (Å²) in [5.41, 5.74) is 4.52. The third-order valence-electron chi connectivity index (χ3n) is 11.6. The topological polar surface area (TPSA) is 58.9 Å². The van der Waals surface area contributed by atoms with E-state index in [1.54, 1.807) is 14.2 Å². The monoisotopic (exact) mass is 693 g/mol. The zero-order valence-corrected chi connectivity index (χ0v) is 33.0. The van der Waals surface area contributed by atoms with Crippen molar-refractivity contribution in [2.75, 3.05) is 14.2 Å². The highest BCUT2D eigenvalue weighted by Gasteiger charge is 2.21. The molecule has 2 unspecified atom stereocenters. The summed E-state index contributed by atoms with van der Waals surface area (Å²) < 4.78 is 12.0. The van der Waals surface area contributed by atoms with Gasteiger partial charge in [0.05, 0.1) is 14.2 Å². The molecular formula is C46H76O4. The number of hydrogen-bond acceptors (Lipinski definition) is 4. The summed E-state index contributed by atoms with van der Waals surface area (Å²) in [4.78, 5) is 0. The Kier molecular flexibility index (Phi) is 21.5. The number of hydrogen-bond donors (Lipinski definition) is 2. The van der Waals surface area contributed by atoms with Gasteiger partial charge in [0.25, 0.3) is 0 Å². The Bertz CT molecular complexity index is 1080. The molecule has 4 nitrogen and oxygen atoms in total. The Hall–Kier alpha value is -2.36. The quantitative estimate of drug-likeness (QED) is 0.217. The molecule has 4 bridgehead atoms. The van der Waals surface area contributed by atoms with Crippen molar-refractivity contribution < 1.29 is 19.7 Å². The van der Waals surface area contributed by atoms with Crippen molar-refractivity contribution in [3.05, 3.63) is 46.5 Å². The number of ether oxygens (including phenoxy) is 2. The van der Waals surface area contributed by atoms with E-state index in [-0.39, 0.29) is 0 Å². The lowest BCUT2D eigenvalue weighted by atomic mass is 9.86. The van der Waals surface area contributed by atoms with Gasteiger partial charge in [-0.15, -0.1) is 0 Å². The number of rotatable bonds is 12. The van der Waals surface area contributed by atoms with Crippen LogP contribution in [0.15, 0.2) is 24.3 Å². The van der Waals surface area contributed by atoms with Crippen LogP contribution in [0.3, 0.4) is 0 Å². The minimum atomic E-state index is 0.445. The van der Waals surface area contributed by atoms with Crippen LogP contribution in [0.5, 0.6) is 23.0 Å². The van der Waals surface area contributed by atoms with Gasteiger partial charge in [0, 0.05) is 11.1 Å². The molecule has 2 aromatic rings. The minimum Gasteiger partial charge on any atom is -0.508 e. The first-order chi connectivity index (χ1) is 24.5. The van der Waals surface area contributed by atoms with Crippen molar-refractivity contribution >= 4 is 0 Å². The molecule has 0 heterocycles. The fourth-order valence-electron chi connectivity index (χ4n) is 8.37. The first kappa shape index (κ1) is 42.1. The van der Waals surface area contributed by atoms with Crippen molar-refractivity contribution in [2.45, 2.75) is 205 Å². The summed E-state index contributed by atoms with van der Waals surface area (Å²) in [6, 6.07) is 8.43. The molecule has 0 radical (unpaired) electrons. The van der Waals surface area contributed by atoms with Crippen LogP contribution in [0.25, 0.3) is 0 Å². The van der Waals surface area contributed by atoms with Crippen LogP contribution in [0.2, 0.25) is 0 Å². The second kappa shape index (κ2) is 25.6. The summed E-state index contributed by atoms with van der Waals surface area (Å²) in [5.74, 6) is 3.79. The third kappa shape index (κ3) is 15.1. The summed E-state index contributed by atoms with van der Waals surface area (Å²) in [6.45, 7) is 4.55. The molecule has 2 aromatic carbocycles. The highest BCUT2D eigenvalue weighted by molar-refractivity contribution is 5.48. The van der Waals surface area contributed by atoms with Crippen molar-refractivity contribution in [2.24, 2.45) is 0 Å². The van der Waals surface area contributed by atoms with E-state index in [9.17, 15) is 10.2 Å². The largest absolute Gasteiger partial charge is 0.508 e. The van der Waals surface area contributed by atoms with Gasteiger partial charge in [-0.3, -0.25) is 0 Å². The SMILES string of the molecule is CCCCCCC1CCCCCCCCCc2cc(OC)c(cc2O)C(CCCCCC)CCCCCCCCCc2cc(OC)c1cc2O. The van der Waals surface area contributed by atoms with Crippen LogP contribution in [0.1, 0.15) is 215 Å². The average molecular weight is 693 g/mol. The first-order valence-corrected chi connectivity index (χ1v) is 21.3. The second-order valence-electron chi connectivity index (χ2n) is 15.6. The zero-order valence-electron chi connectivity index (χ0n) is 33.0. The van der Waals surface area contributed by atoms with Gasteiger partial charge in [0.1, 0.15) is 23.0 Å². The van der Waals surface area contributed by atoms with Gasteiger partial charge in [-0.25, -0.2) is 0 Å². The molecule has 0 amide bonds. The molecule has 50 heavy (non-hydrogen) atoms. The number of aryl methyl sites for hydroxylation is 2. The van der Waals surface area contributed by atoms with E-state index in [1.807, 2.05) is 0 Å². The van der Waals surface area contributed by atoms with Gasteiger partial charge in [0.2, 0.25) is 0 Å². The van der Waals surface area contributed by atoms with Crippen molar-refractivity contribution in [1.29, 1.82) is 0 Å². The maximum absolute atomic E-state index is 11.1. The van der Waals surface area contributed by atoms with Gasteiger partial charge in [-0.05, 0) is 98.6 Å². The predicted molar refractivity (Wildman–Crippen MR) is 214 cm³/mol. The number of aromatic hydroxyl groups is 2. The van der Waals surface area contributed by atoms with Gasteiger partial charge in [-0.2, -0.15) is 0 Å². The number of unbranched alkanes of at least 4 members (excludes halogenated alkanes) is 6. The molecule has 0 saturated carbocycles. The Morgan fingerprint density at radius 3 is 1.20 bits per heavy atom. The van der Waals surface area contributed by atoms with Crippen LogP contribution in [-0.2, 0) is 12.8 Å². The van der Waals surface area contributed by atoms with Crippen LogP contribution < -0.4 is 9.47 Å². The molecule has 6 rings (SSSR count). The normalized spacial score (nSPS) is 19.5. The van der Waals surface area contributed by atoms with E-state index in [0.29, 0.717) is 23.3 Å². The van der Waals surface area contributed by atoms with Crippen LogP contribution in [0, 0.1) is 0 Å². The maximum Gasteiger partial charge on any atom is 0.122 e. The van der Waals surface area contributed by atoms with Crippen LogP contribution in [-0.4, -0.2) is 24.4 Å². The molecule has 4 aliphatic rings. The molecule has 4 heteroatoms. The molecular weight excluding hydrogens is 617 g/mol. The Morgan fingerprint density at radius 2 is 0.840 bits per heavy atom. The lowest BCUT2D eigenvalue weighted by Crippen LogP contribution is -2.04. The second-order valence-corrected chi connectivity index (χ2v) is 15.6. The van der Waals surface area contributed by atoms with Gasteiger partial charge in [-0.1, -0.05) is 142 Å². The summed E-state index contributed by atoms with van der Waals surface area (Å²) in [5, 5.41) is 22.3. The van der Waals surface area contributed by atoms with Gasteiger partial charge >= 0.3 is 0 Å². The van der Waals surface area contributed by atoms with Crippen LogP contribution >= 0.6 is 0 Å². The van der Waals surface area contributed by atoms with Crippen molar-refractivity contribution in [3.8, 4) is 23.0 Å². The molecule has 0 spiro atoms. The molecule has 0 fully saturated rings. The molecule has 4 aliphatic carbocycles. The van der Waals surface area contributed by atoms with E-state index >= 15 is 0 Å².